The van der Waals surface area contributed by atoms with Crippen LogP contribution >= 0.6 is 0 Å². The summed E-state index contributed by atoms with van der Waals surface area (Å²) in [4.78, 5) is 11.9. The van der Waals surface area contributed by atoms with E-state index in [1.165, 1.54) is 6.07 Å². The van der Waals surface area contributed by atoms with Gasteiger partial charge in [0.2, 0.25) is 0 Å². The Morgan fingerprint density at radius 1 is 1.21 bits per heavy atom. The molecule has 0 aliphatic heterocycles. The summed E-state index contributed by atoms with van der Waals surface area (Å²) < 4.78 is 12.8. The minimum absolute atomic E-state index is 0.0179. The Hall–Kier alpha value is -2.40. The van der Waals surface area contributed by atoms with E-state index in [1.54, 1.807) is 24.3 Å². The number of hydrogen-bond donors (Lipinski definition) is 3. The van der Waals surface area contributed by atoms with Crippen molar-refractivity contribution >= 4 is 11.6 Å². The van der Waals surface area contributed by atoms with Crippen LogP contribution in [0.15, 0.2) is 42.5 Å². The van der Waals surface area contributed by atoms with Crippen molar-refractivity contribution in [3.8, 4) is 5.75 Å². The maximum atomic E-state index is 12.8. The Bertz CT molecular complexity index is 597. The fourth-order valence-corrected chi connectivity index (χ4v) is 1.62. The summed E-state index contributed by atoms with van der Waals surface area (Å²) in [5, 5.41) is 12.1. The Kier molecular flexibility index (Phi) is 3.77. The highest BCUT2D eigenvalue weighted by atomic mass is 19.1. The summed E-state index contributed by atoms with van der Waals surface area (Å²) in [5.41, 5.74) is 7.01. The van der Waals surface area contributed by atoms with E-state index < -0.39 is 17.5 Å². The normalized spacial score (nSPS) is 10.2. The first-order chi connectivity index (χ1) is 9.10. The molecule has 98 valence electrons. The van der Waals surface area contributed by atoms with Crippen molar-refractivity contribution in [1.82, 2.24) is 0 Å². The molecule has 5 heteroatoms. The molecule has 0 saturated heterocycles. The van der Waals surface area contributed by atoms with E-state index in [0.717, 1.165) is 17.7 Å². The lowest BCUT2D eigenvalue weighted by Crippen LogP contribution is -2.12. The van der Waals surface area contributed by atoms with E-state index in [4.69, 9.17) is 5.73 Å². The quantitative estimate of drug-likeness (QED) is 0.792. The highest BCUT2D eigenvalue weighted by molar-refractivity contribution is 6.06. The number of phenols is 1. The summed E-state index contributed by atoms with van der Waals surface area (Å²) in [6.45, 7) is 0.424. The Labute approximate surface area is 109 Å². The van der Waals surface area contributed by atoms with Gasteiger partial charge in [-0.1, -0.05) is 12.1 Å². The van der Waals surface area contributed by atoms with Gasteiger partial charge >= 0.3 is 0 Å². The van der Waals surface area contributed by atoms with Crippen molar-refractivity contribution in [2.24, 2.45) is 5.73 Å². The van der Waals surface area contributed by atoms with E-state index in [1.807, 2.05) is 0 Å². The van der Waals surface area contributed by atoms with Crippen molar-refractivity contribution in [2.45, 2.75) is 6.54 Å². The van der Waals surface area contributed by atoms with Crippen LogP contribution in [0, 0.1) is 5.82 Å². The highest BCUT2D eigenvalue weighted by Crippen LogP contribution is 2.19. The molecule has 0 spiro atoms. The summed E-state index contributed by atoms with van der Waals surface area (Å²) in [5.74, 6) is -1.49. The predicted octanol–water partition coefficient (Wildman–Crippen LogP) is 2.24. The Morgan fingerprint density at radius 3 is 2.47 bits per heavy atom. The predicted molar refractivity (Wildman–Crippen MR) is 70.4 cm³/mol. The van der Waals surface area contributed by atoms with E-state index in [-0.39, 0.29) is 5.56 Å². The number of hydrogen-bond acceptors (Lipinski definition) is 3. The number of carbonyl (C=O) groups is 1. The zero-order valence-electron chi connectivity index (χ0n) is 10.1. The molecule has 0 fully saturated rings. The SMILES string of the molecule is NCc1ccc(NC(=O)c2ccc(F)cc2O)cc1. The Morgan fingerprint density at radius 2 is 1.89 bits per heavy atom. The number of benzene rings is 2. The molecule has 0 aromatic heterocycles. The van der Waals surface area contributed by atoms with Gasteiger partial charge in [-0.15, -0.1) is 0 Å². The number of nitrogens with two attached hydrogens (primary N) is 1. The van der Waals surface area contributed by atoms with Crippen LogP contribution in [0.5, 0.6) is 5.75 Å². The molecule has 0 unspecified atom stereocenters. The molecule has 0 aliphatic carbocycles. The molecule has 0 heterocycles. The number of phenolic OH excluding ortho intramolecular Hbond substituents is 1. The van der Waals surface area contributed by atoms with E-state index in [2.05, 4.69) is 5.32 Å². The van der Waals surface area contributed by atoms with Crippen molar-refractivity contribution in [3.63, 3.8) is 0 Å². The van der Waals surface area contributed by atoms with Crippen LogP contribution in [-0.2, 0) is 6.54 Å². The summed E-state index contributed by atoms with van der Waals surface area (Å²) >= 11 is 0. The maximum absolute atomic E-state index is 12.8. The van der Waals surface area contributed by atoms with Gasteiger partial charge in [0.25, 0.3) is 5.91 Å². The molecule has 2 aromatic carbocycles. The molecule has 1 amide bonds. The van der Waals surface area contributed by atoms with Crippen LogP contribution in [0.3, 0.4) is 0 Å². The zero-order valence-corrected chi connectivity index (χ0v) is 10.1. The number of anilines is 1. The first-order valence-electron chi connectivity index (χ1n) is 5.69. The van der Waals surface area contributed by atoms with Crippen LogP contribution in [0.2, 0.25) is 0 Å². The van der Waals surface area contributed by atoms with Gasteiger partial charge in [-0.25, -0.2) is 4.39 Å². The standard InChI is InChI=1S/C14H13FN2O2/c15-10-3-6-12(13(18)7-10)14(19)17-11-4-1-9(8-16)2-5-11/h1-7,18H,8,16H2,(H,17,19). The molecule has 0 atom stereocenters. The highest BCUT2D eigenvalue weighted by Gasteiger charge is 2.11. The van der Waals surface area contributed by atoms with E-state index >= 15 is 0 Å². The number of aromatic hydroxyl groups is 1. The molecule has 0 saturated carbocycles. The van der Waals surface area contributed by atoms with Gasteiger partial charge in [-0.3, -0.25) is 4.79 Å². The van der Waals surface area contributed by atoms with Crippen molar-refractivity contribution in [3.05, 3.63) is 59.4 Å². The third kappa shape index (κ3) is 3.08. The topological polar surface area (TPSA) is 75.3 Å². The van der Waals surface area contributed by atoms with Crippen LogP contribution in [0.4, 0.5) is 10.1 Å². The molecular formula is C14H13FN2O2. The second-order valence-corrected chi connectivity index (χ2v) is 4.02. The lowest BCUT2D eigenvalue weighted by Gasteiger charge is -2.07. The first-order valence-corrected chi connectivity index (χ1v) is 5.69. The largest absolute Gasteiger partial charge is 0.507 e. The fraction of sp³-hybridized carbons (Fsp3) is 0.0714. The molecule has 0 aliphatic rings. The lowest BCUT2D eigenvalue weighted by molar-refractivity contribution is 0.102. The van der Waals surface area contributed by atoms with Gasteiger partial charge < -0.3 is 16.2 Å². The van der Waals surface area contributed by atoms with Crippen LogP contribution in [-0.4, -0.2) is 11.0 Å². The van der Waals surface area contributed by atoms with Gasteiger partial charge in [-0.05, 0) is 29.8 Å². The van der Waals surface area contributed by atoms with Crippen molar-refractivity contribution < 1.29 is 14.3 Å². The molecule has 2 rings (SSSR count). The average Bonchev–Trinajstić information content (AvgIpc) is 2.39. The number of halogens is 1. The number of nitrogens with one attached hydrogen (secondary N) is 1. The van der Waals surface area contributed by atoms with Crippen molar-refractivity contribution in [2.75, 3.05) is 5.32 Å². The second kappa shape index (κ2) is 5.49. The summed E-state index contributed by atoms with van der Waals surface area (Å²) in [7, 11) is 0. The van der Waals surface area contributed by atoms with Gasteiger partial charge in [0, 0.05) is 18.3 Å². The summed E-state index contributed by atoms with van der Waals surface area (Å²) in [6.07, 6.45) is 0. The van der Waals surface area contributed by atoms with Gasteiger partial charge in [0.15, 0.2) is 0 Å². The third-order valence-electron chi connectivity index (χ3n) is 2.65. The molecule has 19 heavy (non-hydrogen) atoms. The molecule has 4 N–H and O–H groups in total. The molecule has 0 bridgehead atoms. The van der Waals surface area contributed by atoms with Crippen LogP contribution in [0.1, 0.15) is 15.9 Å². The minimum atomic E-state index is -0.596. The lowest BCUT2D eigenvalue weighted by atomic mass is 10.1. The molecule has 4 nitrogen and oxygen atoms in total. The average molecular weight is 260 g/mol. The molecule has 0 radical (unpaired) electrons. The molecule has 2 aromatic rings. The number of carbonyl (C=O) groups excluding carboxylic acids is 1. The van der Waals surface area contributed by atoms with Gasteiger partial charge in [-0.2, -0.15) is 0 Å². The smallest absolute Gasteiger partial charge is 0.259 e. The number of amides is 1. The van der Waals surface area contributed by atoms with Gasteiger partial charge in [0.1, 0.15) is 11.6 Å². The minimum Gasteiger partial charge on any atom is -0.507 e. The monoisotopic (exact) mass is 260 g/mol. The first kappa shape index (κ1) is 13.0. The fourth-order valence-electron chi connectivity index (χ4n) is 1.62. The van der Waals surface area contributed by atoms with Crippen LogP contribution < -0.4 is 11.1 Å². The van der Waals surface area contributed by atoms with Crippen molar-refractivity contribution in [1.29, 1.82) is 0 Å². The summed E-state index contributed by atoms with van der Waals surface area (Å²) in [6, 6.07) is 10.2. The number of rotatable bonds is 3. The van der Waals surface area contributed by atoms with Gasteiger partial charge in [0.05, 0.1) is 5.56 Å². The maximum Gasteiger partial charge on any atom is 0.259 e. The van der Waals surface area contributed by atoms with Crippen LogP contribution in [0.25, 0.3) is 0 Å². The second-order valence-electron chi connectivity index (χ2n) is 4.02. The Balaban J connectivity index is 2.15. The third-order valence-corrected chi connectivity index (χ3v) is 2.65. The van der Waals surface area contributed by atoms with E-state index in [9.17, 15) is 14.3 Å². The zero-order chi connectivity index (χ0) is 13.8. The molecular weight excluding hydrogens is 247 g/mol. The van der Waals surface area contributed by atoms with E-state index in [0.29, 0.717) is 12.2 Å².